The van der Waals surface area contributed by atoms with Crippen LogP contribution < -0.4 is 5.32 Å². The van der Waals surface area contributed by atoms with Gasteiger partial charge in [0.1, 0.15) is 0 Å². The van der Waals surface area contributed by atoms with Gasteiger partial charge in [-0.1, -0.05) is 13.8 Å². The highest BCUT2D eigenvalue weighted by Crippen LogP contribution is 2.19. The first-order valence-electron chi connectivity index (χ1n) is 6.22. The van der Waals surface area contributed by atoms with Crippen LogP contribution in [0.25, 0.3) is 0 Å². The van der Waals surface area contributed by atoms with Crippen molar-refractivity contribution in [2.75, 3.05) is 6.61 Å². The normalized spacial score (nSPS) is 12.2. The monoisotopic (exact) mass is 284 g/mol. The van der Waals surface area contributed by atoms with Gasteiger partial charge >= 0.3 is 5.69 Å². The molecule has 0 spiro atoms. The van der Waals surface area contributed by atoms with Crippen LogP contribution in [0.3, 0.4) is 0 Å². The van der Waals surface area contributed by atoms with Crippen LogP contribution in [0.15, 0.2) is 18.2 Å². The van der Waals surface area contributed by atoms with Gasteiger partial charge in [-0.3, -0.25) is 14.9 Å². The van der Waals surface area contributed by atoms with Gasteiger partial charge in [-0.2, -0.15) is 4.39 Å². The van der Waals surface area contributed by atoms with E-state index < -0.39 is 22.3 Å². The third kappa shape index (κ3) is 3.99. The van der Waals surface area contributed by atoms with Crippen LogP contribution in [-0.2, 0) is 0 Å². The van der Waals surface area contributed by atoms with Crippen molar-refractivity contribution in [2.45, 2.75) is 26.3 Å². The van der Waals surface area contributed by atoms with Crippen molar-refractivity contribution in [1.82, 2.24) is 5.32 Å². The maximum Gasteiger partial charge on any atom is 0.305 e. The molecule has 0 bridgehead atoms. The maximum atomic E-state index is 13.2. The van der Waals surface area contributed by atoms with Gasteiger partial charge in [-0.25, -0.2) is 0 Å². The number of nitrogens with zero attached hydrogens (tertiary/aromatic N) is 1. The van der Waals surface area contributed by atoms with Crippen molar-refractivity contribution >= 4 is 11.6 Å². The second-order valence-electron chi connectivity index (χ2n) is 4.76. The predicted molar refractivity (Wildman–Crippen MR) is 70.8 cm³/mol. The zero-order valence-corrected chi connectivity index (χ0v) is 11.3. The van der Waals surface area contributed by atoms with Gasteiger partial charge in [-0.15, -0.1) is 0 Å². The molecule has 6 nitrogen and oxygen atoms in total. The number of rotatable bonds is 6. The van der Waals surface area contributed by atoms with Crippen LogP contribution in [0, 0.1) is 21.8 Å². The summed E-state index contributed by atoms with van der Waals surface area (Å²) < 4.78 is 13.2. The van der Waals surface area contributed by atoms with Crippen molar-refractivity contribution in [3.63, 3.8) is 0 Å². The van der Waals surface area contributed by atoms with E-state index in [1.54, 1.807) is 0 Å². The molecular formula is C13H17FN2O4. The fourth-order valence-corrected chi connectivity index (χ4v) is 1.76. The summed E-state index contributed by atoms with van der Waals surface area (Å²) in [5.74, 6) is -1.41. The molecular weight excluding hydrogens is 267 g/mol. The first-order chi connectivity index (χ1) is 9.36. The van der Waals surface area contributed by atoms with Crippen molar-refractivity contribution in [2.24, 2.45) is 5.92 Å². The van der Waals surface area contributed by atoms with Crippen LogP contribution in [0.4, 0.5) is 10.1 Å². The number of amides is 1. The molecule has 0 aromatic heterocycles. The van der Waals surface area contributed by atoms with Gasteiger partial charge in [0, 0.05) is 24.3 Å². The van der Waals surface area contributed by atoms with E-state index in [-0.39, 0.29) is 24.1 Å². The van der Waals surface area contributed by atoms with Crippen LogP contribution in [0.2, 0.25) is 0 Å². The van der Waals surface area contributed by atoms with Crippen molar-refractivity contribution in [1.29, 1.82) is 0 Å². The summed E-state index contributed by atoms with van der Waals surface area (Å²) in [7, 11) is 0. The average molecular weight is 284 g/mol. The molecule has 1 amide bonds. The Bertz CT molecular complexity index is 505. The fraction of sp³-hybridized carbons (Fsp3) is 0.462. The first-order valence-corrected chi connectivity index (χ1v) is 6.22. The molecule has 1 unspecified atom stereocenters. The Balaban J connectivity index is 2.92. The molecule has 0 saturated carbocycles. The smallest absolute Gasteiger partial charge is 0.305 e. The molecule has 2 N–H and O–H groups in total. The highest BCUT2D eigenvalue weighted by atomic mass is 19.1. The molecule has 0 heterocycles. The Labute approximate surface area is 115 Å². The molecule has 1 aromatic carbocycles. The van der Waals surface area contributed by atoms with Gasteiger partial charge in [0.15, 0.2) is 0 Å². The molecule has 7 heteroatoms. The van der Waals surface area contributed by atoms with E-state index in [4.69, 9.17) is 5.11 Å². The Morgan fingerprint density at radius 2 is 2.15 bits per heavy atom. The molecule has 0 aliphatic heterocycles. The number of benzene rings is 1. The van der Waals surface area contributed by atoms with Crippen molar-refractivity contribution in [3.8, 4) is 0 Å². The lowest BCUT2D eigenvalue weighted by molar-refractivity contribution is -0.387. The Hall–Kier alpha value is -2.02. The van der Waals surface area contributed by atoms with Crippen LogP contribution in [-0.4, -0.2) is 28.6 Å². The largest absolute Gasteiger partial charge is 0.396 e. The summed E-state index contributed by atoms with van der Waals surface area (Å²) in [4.78, 5) is 21.7. The molecule has 1 atom stereocenters. The van der Waals surface area contributed by atoms with E-state index in [2.05, 4.69) is 5.32 Å². The molecule has 0 aliphatic carbocycles. The van der Waals surface area contributed by atoms with E-state index in [0.29, 0.717) is 6.42 Å². The number of carbonyl (C=O) groups excluding carboxylic acids is 1. The maximum absolute atomic E-state index is 13.2. The van der Waals surface area contributed by atoms with Crippen LogP contribution in [0.1, 0.15) is 30.6 Å². The standard InChI is InChI=1S/C13H17FN2O4/c1-8(2)11(5-6-17)15-13(18)9-3-4-10(14)12(7-9)16(19)20/h3-4,7-8,11,17H,5-6H2,1-2H3,(H,15,18). The zero-order chi connectivity index (χ0) is 15.3. The Morgan fingerprint density at radius 1 is 1.50 bits per heavy atom. The third-order valence-corrected chi connectivity index (χ3v) is 2.97. The van der Waals surface area contributed by atoms with Crippen LogP contribution in [0.5, 0.6) is 0 Å². The molecule has 0 saturated heterocycles. The molecule has 0 fully saturated rings. The van der Waals surface area contributed by atoms with Gasteiger partial charge in [0.2, 0.25) is 5.82 Å². The molecule has 110 valence electrons. The van der Waals surface area contributed by atoms with Crippen molar-refractivity contribution in [3.05, 3.63) is 39.7 Å². The number of nitrogens with one attached hydrogen (secondary N) is 1. The summed E-state index contributed by atoms with van der Waals surface area (Å²) in [5, 5.41) is 22.2. The summed E-state index contributed by atoms with van der Waals surface area (Å²) >= 11 is 0. The van der Waals surface area contributed by atoms with Gasteiger partial charge in [-0.05, 0) is 24.5 Å². The minimum Gasteiger partial charge on any atom is -0.396 e. The minimum atomic E-state index is -0.984. The van der Waals surface area contributed by atoms with E-state index in [1.165, 1.54) is 6.07 Å². The SMILES string of the molecule is CC(C)C(CCO)NC(=O)c1ccc(F)c([N+](=O)[O-])c1. The lowest BCUT2D eigenvalue weighted by atomic mass is 10.0. The van der Waals surface area contributed by atoms with Crippen molar-refractivity contribution < 1.29 is 19.2 Å². The summed E-state index contributed by atoms with van der Waals surface area (Å²) in [6, 6.07) is 2.73. The number of halogens is 1. The van der Waals surface area contributed by atoms with Gasteiger partial charge in [0.05, 0.1) is 4.92 Å². The molecule has 20 heavy (non-hydrogen) atoms. The lowest BCUT2D eigenvalue weighted by Gasteiger charge is -2.21. The number of aliphatic hydroxyl groups excluding tert-OH is 1. The second-order valence-corrected chi connectivity index (χ2v) is 4.76. The lowest BCUT2D eigenvalue weighted by Crippen LogP contribution is -2.39. The average Bonchev–Trinajstić information content (AvgIpc) is 2.38. The topological polar surface area (TPSA) is 92.5 Å². The van der Waals surface area contributed by atoms with E-state index >= 15 is 0 Å². The number of nitro benzene ring substituents is 1. The summed E-state index contributed by atoms with van der Waals surface area (Å²) in [5.41, 5.74) is -0.720. The second kappa shape index (κ2) is 6.95. The molecule has 1 rings (SSSR count). The third-order valence-electron chi connectivity index (χ3n) is 2.97. The zero-order valence-electron chi connectivity index (χ0n) is 11.3. The summed E-state index contributed by atoms with van der Waals surface area (Å²) in [6.07, 6.45) is 0.382. The number of hydrogen-bond donors (Lipinski definition) is 2. The predicted octanol–water partition coefficient (Wildman–Crippen LogP) is 1.87. The Kier molecular flexibility index (Phi) is 5.57. The van der Waals surface area contributed by atoms with Gasteiger partial charge < -0.3 is 10.4 Å². The fourth-order valence-electron chi connectivity index (χ4n) is 1.76. The quantitative estimate of drug-likeness (QED) is 0.616. The first kappa shape index (κ1) is 16.0. The van der Waals surface area contributed by atoms with E-state index in [0.717, 1.165) is 12.1 Å². The molecule has 1 aromatic rings. The number of nitro groups is 1. The highest BCUT2D eigenvalue weighted by Gasteiger charge is 2.20. The van der Waals surface area contributed by atoms with Crippen LogP contribution >= 0.6 is 0 Å². The highest BCUT2D eigenvalue weighted by molar-refractivity contribution is 5.95. The number of hydrogen-bond acceptors (Lipinski definition) is 4. The minimum absolute atomic E-state index is 0.0155. The molecule has 0 radical (unpaired) electrons. The number of aliphatic hydroxyl groups is 1. The van der Waals surface area contributed by atoms with E-state index in [9.17, 15) is 19.3 Å². The van der Waals surface area contributed by atoms with E-state index in [1.807, 2.05) is 13.8 Å². The number of carbonyl (C=O) groups is 1. The molecule has 0 aliphatic rings. The van der Waals surface area contributed by atoms with Gasteiger partial charge in [0.25, 0.3) is 5.91 Å². The summed E-state index contributed by atoms with van der Waals surface area (Å²) in [6.45, 7) is 3.69. The Morgan fingerprint density at radius 3 is 2.65 bits per heavy atom.